The highest BCUT2D eigenvalue weighted by Crippen LogP contribution is 2.35. The molecule has 0 N–H and O–H groups in total. The van der Waals surface area contributed by atoms with Gasteiger partial charge in [0, 0.05) is 13.1 Å². The van der Waals surface area contributed by atoms with Crippen LogP contribution in [0.1, 0.15) is 76.7 Å². The molecule has 30 heavy (non-hydrogen) atoms. The fourth-order valence-electron chi connectivity index (χ4n) is 5.45. The smallest absolute Gasteiger partial charge is 0.109 e. The van der Waals surface area contributed by atoms with E-state index in [0.29, 0.717) is 12.7 Å². The molecule has 2 radical (unpaired) electrons. The molecule has 1 aliphatic heterocycles. The van der Waals surface area contributed by atoms with Crippen LogP contribution < -0.4 is 0 Å². The van der Waals surface area contributed by atoms with Crippen LogP contribution in [-0.2, 0) is 20.6 Å². The number of unbranched alkanes of at least 4 members (excludes halogenated alkanes) is 1. The average molecular weight is 412 g/mol. The van der Waals surface area contributed by atoms with Crippen LogP contribution >= 0.6 is 0 Å². The summed E-state index contributed by atoms with van der Waals surface area (Å²) in [5.41, 5.74) is 1.50. The van der Waals surface area contributed by atoms with Gasteiger partial charge in [0.05, 0.1) is 18.8 Å². The Labute approximate surface area is 185 Å². The quantitative estimate of drug-likeness (QED) is 0.462. The van der Waals surface area contributed by atoms with Crippen molar-refractivity contribution < 1.29 is 14.2 Å². The van der Waals surface area contributed by atoms with E-state index in [-0.39, 0.29) is 18.2 Å². The predicted octanol–water partition coefficient (Wildman–Crippen LogP) is 5.69. The highest BCUT2D eigenvalue weighted by Gasteiger charge is 2.35. The zero-order valence-corrected chi connectivity index (χ0v) is 19.1. The summed E-state index contributed by atoms with van der Waals surface area (Å²) in [6.45, 7) is 2.88. The molecule has 0 amide bonds. The molecule has 2 aliphatic rings. The van der Waals surface area contributed by atoms with Crippen LogP contribution in [0.25, 0.3) is 0 Å². The maximum Gasteiger partial charge on any atom is 0.109 e. The Hall–Kier alpha value is -0.835. The van der Waals surface area contributed by atoms with E-state index in [2.05, 4.69) is 37.3 Å². The van der Waals surface area contributed by atoms with Crippen LogP contribution in [0.2, 0.25) is 0 Å². The van der Waals surface area contributed by atoms with Gasteiger partial charge in [-0.05, 0) is 49.5 Å². The highest BCUT2D eigenvalue weighted by atomic mass is 16.6. The lowest BCUT2D eigenvalue weighted by molar-refractivity contribution is -0.0811. The van der Waals surface area contributed by atoms with Gasteiger partial charge in [-0.25, -0.2) is 0 Å². The second kappa shape index (κ2) is 12.9. The summed E-state index contributed by atoms with van der Waals surface area (Å²) < 4.78 is 17.6. The number of methoxy groups -OCH3 is 1. The van der Waals surface area contributed by atoms with E-state index < -0.39 is 0 Å². The molecule has 0 bridgehead atoms. The Morgan fingerprint density at radius 3 is 2.50 bits per heavy atom. The Morgan fingerprint density at radius 1 is 1.10 bits per heavy atom. The van der Waals surface area contributed by atoms with E-state index in [1.54, 1.807) is 7.11 Å². The van der Waals surface area contributed by atoms with Crippen molar-refractivity contribution in [2.75, 3.05) is 13.7 Å². The first-order valence-corrected chi connectivity index (χ1v) is 12.3. The molecule has 1 aliphatic carbocycles. The summed E-state index contributed by atoms with van der Waals surface area (Å²) in [7, 11) is 7.72. The monoisotopic (exact) mass is 412 g/mol. The first kappa shape index (κ1) is 23.8. The van der Waals surface area contributed by atoms with Crippen LogP contribution in [-0.4, -0.2) is 45.9 Å². The summed E-state index contributed by atoms with van der Waals surface area (Å²) in [6, 6.07) is 10.9. The van der Waals surface area contributed by atoms with Gasteiger partial charge in [-0.2, -0.15) is 0 Å². The molecule has 3 rings (SSSR count). The number of hydrogen-bond donors (Lipinski definition) is 0. The van der Waals surface area contributed by atoms with Gasteiger partial charge in [0.2, 0.25) is 0 Å². The molecule has 1 saturated heterocycles. The molecular formula is C26H41BO3. The van der Waals surface area contributed by atoms with Crippen molar-refractivity contribution in [3.05, 3.63) is 35.9 Å². The average Bonchev–Trinajstić information content (AvgIpc) is 3.07. The zero-order chi connectivity index (χ0) is 21.2. The van der Waals surface area contributed by atoms with Crippen LogP contribution in [0.4, 0.5) is 0 Å². The molecule has 0 spiro atoms. The molecule has 2 fully saturated rings. The minimum Gasteiger partial charge on any atom is -0.382 e. The third-order valence-corrected chi connectivity index (χ3v) is 7.06. The van der Waals surface area contributed by atoms with Crippen molar-refractivity contribution in [1.82, 2.24) is 0 Å². The molecule has 0 aromatic heterocycles. The third-order valence-electron chi connectivity index (χ3n) is 7.06. The Morgan fingerprint density at radius 2 is 1.83 bits per heavy atom. The summed E-state index contributed by atoms with van der Waals surface area (Å²) in [4.78, 5) is 0. The zero-order valence-electron chi connectivity index (χ0n) is 19.1. The van der Waals surface area contributed by atoms with Crippen molar-refractivity contribution in [2.24, 2.45) is 11.8 Å². The van der Waals surface area contributed by atoms with Gasteiger partial charge in [-0.3, -0.25) is 0 Å². The van der Waals surface area contributed by atoms with Crippen LogP contribution in [0.5, 0.6) is 0 Å². The predicted molar refractivity (Wildman–Crippen MR) is 124 cm³/mol. The summed E-state index contributed by atoms with van der Waals surface area (Å²) in [5, 5.41) is 0. The summed E-state index contributed by atoms with van der Waals surface area (Å²) in [6.07, 6.45) is 14.0. The van der Waals surface area contributed by atoms with E-state index >= 15 is 0 Å². The third kappa shape index (κ3) is 7.39. The lowest BCUT2D eigenvalue weighted by atomic mass is 9.76. The summed E-state index contributed by atoms with van der Waals surface area (Å²) in [5.74, 6) is 1.67. The molecule has 4 atom stereocenters. The van der Waals surface area contributed by atoms with Crippen molar-refractivity contribution in [1.29, 1.82) is 0 Å². The van der Waals surface area contributed by atoms with Crippen molar-refractivity contribution >= 4 is 7.85 Å². The number of benzene rings is 1. The number of ether oxygens (including phenoxy) is 3. The molecule has 1 aromatic carbocycles. The molecule has 166 valence electrons. The molecule has 1 heterocycles. The lowest BCUT2D eigenvalue weighted by Gasteiger charge is -2.32. The Kier molecular flexibility index (Phi) is 10.2. The lowest BCUT2D eigenvalue weighted by Crippen LogP contribution is -2.33. The fourth-order valence-corrected chi connectivity index (χ4v) is 5.45. The first-order valence-electron chi connectivity index (χ1n) is 12.3. The van der Waals surface area contributed by atoms with Crippen LogP contribution in [0.15, 0.2) is 30.3 Å². The van der Waals surface area contributed by atoms with Crippen LogP contribution in [0.3, 0.4) is 0 Å². The molecule has 1 aromatic rings. The van der Waals surface area contributed by atoms with Gasteiger partial charge in [0.25, 0.3) is 0 Å². The van der Waals surface area contributed by atoms with Crippen molar-refractivity contribution in [3.63, 3.8) is 0 Å². The molecule has 3 nitrogen and oxygen atoms in total. The highest BCUT2D eigenvalue weighted by molar-refractivity contribution is 6.11. The van der Waals surface area contributed by atoms with Gasteiger partial charge in [0.1, 0.15) is 14.0 Å². The minimum absolute atomic E-state index is 0.0208. The van der Waals surface area contributed by atoms with Gasteiger partial charge in [-0.1, -0.05) is 75.8 Å². The normalized spacial score (nSPS) is 31.2. The van der Waals surface area contributed by atoms with Crippen molar-refractivity contribution in [2.45, 2.75) is 102 Å². The second-order valence-corrected chi connectivity index (χ2v) is 9.41. The number of hydrogen-bond acceptors (Lipinski definition) is 3. The summed E-state index contributed by atoms with van der Waals surface area (Å²) >= 11 is 0. The maximum absolute atomic E-state index is 6.49. The van der Waals surface area contributed by atoms with Gasteiger partial charge in [-0.15, -0.1) is 0 Å². The minimum atomic E-state index is -0.217. The molecule has 2 unspecified atom stereocenters. The molecular weight excluding hydrogens is 371 g/mol. The number of rotatable bonds is 10. The topological polar surface area (TPSA) is 27.7 Å². The fraction of sp³-hybridized carbons (Fsp3) is 0.769. The Balaban J connectivity index is 1.51. The van der Waals surface area contributed by atoms with E-state index in [1.165, 1.54) is 56.9 Å². The van der Waals surface area contributed by atoms with E-state index in [0.717, 1.165) is 31.1 Å². The van der Waals surface area contributed by atoms with Gasteiger partial charge in [0.15, 0.2) is 0 Å². The maximum atomic E-state index is 6.49. The standard InChI is InChI=1S/C26H41BO3/c1-3-4-12-22(17-20-10-6-5-7-11-20)21-13-8-15-23(16-9-14-21)29-24-18-26(27)30-25(24)19-28-2/h5-7,10-11,21-26H,3-4,8-9,12-19H2,1-2H3/t21?,22?,23?,24?,25-,26-/m1/s1. The van der Waals surface area contributed by atoms with E-state index in [4.69, 9.17) is 22.1 Å². The SMILES string of the molecule is [B][C@H]1CC(OC2CCCC(C(CCCC)Cc3ccccc3)CCC2)[C@@H](COC)O1. The molecule has 4 heteroatoms. The second-order valence-electron chi connectivity index (χ2n) is 9.41. The molecule has 1 saturated carbocycles. The van der Waals surface area contributed by atoms with E-state index in [1.807, 2.05) is 0 Å². The van der Waals surface area contributed by atoms with Gasteiger partial charge < -0.3 is 14.2 Å². The van der Waals surface area contributed by atoms with Crippen LogP contribution in [0, 0.1) is 11.8 Å². The first-order chi connectivity index (χ1) is 14.7. The Bertz CT molecular complexity index is 571. The van der Waals surface area contributed by atoms with Gasteiger partial charge >= 0.3 is 0 Å². The van der Waals surface area contributed by atoms with E-state index in [9.17, 15) is 0 Å². The van der Waals surface area contributed by atoms with Crippen molar-refractivity contribution in [3.8, 4) is 0 Å². The largest absolute Gasteiger partial charge is 0.382 e.